The van der Waals surface area contributed by atoms with Crippen molar-refractivity contribution >= 4 is 29.3 Å². The second-order valence-electron chi connectivity index (χ2n) is 4.91. The molecule has 1 aliphatic rings. The number of aliphatic carboxylic acids is 1. The van der Waals surface area contributed by atoms with Crippen LogP contribution in [0.4, 0.5) is 10.1 Å². The predicted molar refractivity (Wildman–Crippen MR) is 80.1 cm³/mol. The van der Waals surface area contributed by atoms with Crippen LogP contribution in [0.5, 0.6) is 0 Å². The lowest BCUT2D eigenvalue weighted by Crippen LogP contribution is -2.50. The largest absolute Gasteiger partial charge is 0.480 e. The summed E-state index contributed by atoms with van der Waals surface area (Å²) in [6, 6.07) is 3.52. The normalized spacial score (nSPS) is 19.2. The number of anilines is 1. The highest BCUT2D eigenvalue weighted by Gasteiger charge is 2.30. The third-order valence-corrected chi connectivity index (χ3v) is 4.37. The van der Waals surface area contributed by atoms with E-state index in [9.17, 15) is 14.0 Å². The number of carboxylic acids is 1. The highest BCUT2D eigenvalue weighted by molar-refractivity contribution is 7.99. The van der Waals surface area contributed by atoms with Crippen molar-refractivity contribution < 1.29 is 19.1 Å². The van der Waals surface area contributed by atoms with E-state index in [-0.39, 0.29) is 12.5 Å². The summed E-state index contributed by atoms with van der Waals surface area (Å²) in [5, 5.41) is 11.8. The molecule has 0 aromatic heterocycles. The van der Waals surface area contributed by atoms with Gasteiger partial charge < -0.3 is 10.4 Å². The summed E-state index contributed by atoms with van der Waals surface area (Å²) in [5.74, 6) is -0.398. The van der Waals surface area contributed by atoms with Crippen molar-refractivity contribution in [2.75, 3.05) is 29.9 Å². The zero-order chi connectivity index (χ0) is 15.4. The molecule has 1 saturated heterocycles. The van der Waals surface area contributed by atoms with Gasteiger partial charge in [0, 0.05) is 23.7 Å². The monoisotopic (exact) mass is 312 g/mol. The summed E-state index contributed by atoms with van der Waals surface area (Å²) in [6.45, 7) is 2.32. The molecule has 1 fully saturated rings. The van der Waals surface area contributed by atoms with Gasteiger partial charge in [0.2, 0.25) is 5.91 Å². The number of carbonyl (C=O) groups is 2. The SMILES string of the molecule is Cc1ccc(F)cc1NC(=O)CN1CCSCC1C(=O)O. The minimum absolute atomic E-state index is 0.00647. The Morgan fingerprint density at radius 1 is 1.52 bits per heavy atom. The highest BCUT2D eigenvalue weighted by atomic mass is 32.2. The molecule has 0 saturated carbocycles. The van der Waals surface area contributed by atoms with Gasteiger partial charge in [-0.2, -0.15) is 11.8 Å². The number of halogens is 1. The second-order valence-corrected chi connectivity index (χ2v) is 6.06. The van der Waals surface area contributed by atoms with Gasteiger partial charge >= 0.3 is 5.97 Å². The predicted octanol–water partition coefficient (Wildman–Crippen LogP) is 1.57. The van der Waals surface area contributed by atoms with Crippen LogP contribution in [-0.4, -0.2) is 52.5 Å². The Kier molecular flexibility index (Phi) is 5.19. The maximum atomic E-state index is 13.2. The summed E-state index contributed by atoms with van der Waals surface area (Å²) in [6.07, 6.45) is 0. The first-order chi connectivity index (χ1) is 9.97. The standard InChI is InChI=1S/C14H17FN2O3S/c1-9-2-3-10(15)6-11(9)16-13(18)7-17-4-5-21-8-12(17)14(19)20/h2-3,6,12H,4-5,7-8H2,1H3,(H,16,18)(H,19,20). The Morgan fingerprint density at radius 2 is 2.29 bits per heavy atom. The van der Waals surface area contributed by atoms with Crippen LogP contribution in [0.2, 0.25) is 0 Å². The van der Waals surface area contributed by atoms with E-state index in [0.717, 1.165) is 11.3 Å². The maximum absolute atomic E-state index is 13.2. The van der Waals surface area contributed by atoms with Gasteiger partial charge in [0.15, 0.2) is 0 Å². The fraction of sp³-hybridized carbons (Fsp3) is 0.429. The number of hydrogen-bond donors (Lipinski definition) is 2. The first-order valence-electron chi connectivity index (χ1n) is 6.58. The fourth-order valence-electron chi connectivity index (χ4n) is 2.16. The van der Waals surface area contributed by atoms with E-state index in [0.29, 0.717) is 18.0 Å². The number of nitrogens with one attached hydrogen (secondary N) is 1. The minimum atomic E-state index is -0.920. The number of benzene rings is 1. The number of amides is 1. The number of rotatable bonds is 4. The molecule has 1 aliphatic heterocycles. The zero-order valence-corrected chi connectivity index (χ0v) is 12.5. The Hall–Kier alpha value is -1.60. The number of thioether (sulfide) groups is 1. The lowest BCUT2D eigenvalue weighted by molar-refractivity contribution is -0.142. The number of hydrogen-bond acceptors (Lipinski definition) is 4. The van der Waals surface area contributed by atoms with Crippen LogP contribution in [0.15, 0.2) is 18.2 Å². The molecular weight excluding hydrogens is 295 g/mol. The van der Waals surface area contributed by atoms with Gasteiger partial charge in [-0.3, -0.25) is 14.5 Å². The highest BCUT2D eigenvalue weighted by Crippen LogP contribution is 2.18. The number of nitrogens with zero attached hydrogens (tertiary/aromatic N) is 1. The molecule has 0 radical (unpaired) electrons. The minimum Gasteiger partial charge on any atom is -0.480 e. The lowest BCUT2D eigenvalue weighted by atomic mass is 10.2. The smallest absolute Gasteiger partial charge is 0.321 e. The van der Waals surface area contributed by atoms with Crippen molar-refractivity contribution in [2.24, 2.45) is 0 Å². The summed E-state index contributed by atoms with van der Waals surface area (Å²) in [7, 11) is 0. The van der Waals surface area contributed by atoms with Gasteiger partial charge in [-0.25, -0.2) is 4.39 Å². The molecule has 21 heavy (non-hydrogen) atoms. The van der Waals surface area contributed by atoms with E-state index < -0.39 is 17.8 Å². The van der Waals surface area contributed by atoms with Gasteiger partial charge in [0.25, 0.3) is 0 Å². The molecule has 1 aromatic carbocycles. The van der Waals surface area contributed by atoms with E-state index in [4.69, 9.17) is 5.11 Å². The van der Waals surface area contributed by atoms with Crippen molar-refractivity contribution in [3.8, 4) is 0 Å². The van der Waals surface area contributed by atoms with Crippen LogP contribution in [0.1, 0.15) is 5.56 Å². The van der Waals surface area contributed by atoms with Crippen LogP contribution < -0.4 is 5.32 Å². The van der Waals surface area contributed by atoms with Crippen molar-refractivity contribution in [3.63, 3.8) is 0 Å². The van der Waals surface area contributed by atoms with E-state index in [1.165, 1.54) is 12.1 Å². The Balaban J connectivity index is 2.00. The summed E-state index contributed by atoms with van der Waals surface area (Å²) in [5.41, 5.74) is 1.17. The summed E-state index contributed by atoms with van der Waals surface area (Å²) < 4.78 is 13.2. The summed E-state index contributed by atoms with van der Waals surface area (Å²) in [4.78, 5) is 24.8. The lowest BCUT2D eigenvalue weighted by Gasteiger charge is -2.31. The van der Waals surface area contributed by atoms with E-state index >= 15 is 0 Å². The Morgan fingerprint density at radius 3 is 3.00 bits per heavy atom. The van der Waals surface area contributed by atoms with Crippen molar-refractivity contribution in [3.05, 3.63) is 29.6 Å². The molecule has 0 aliphatic carbocycles. The first kappa shape index (κ1) is 15.8. The maximum Gasteiger partial charge on any atom is 0.321 e. The first-order valence-corrected chi connectivity index (χ1v) is 7.73. The quantitative estimate of drug-likeness (QED) is 0.883. The molecule has 2 N–H and O–H groups in total. The molecule has 0 bridgehead atoms. The van der Waals surface area contributed by atoms with Crippen LogP contribution in [0.3, 0.4) is 0 Å². The molecule has 1 aromatic rings. The van der Waals surface area contributed by atoms with Gasteiger partial charge in [0.1, 0.15) is 11.9 Å². The van der Waals surface area contributed by atoms with Gasteiger partial charge in [-0.1, -0.05) is 6.07 Å². The number of carboxylic acid groups (broad SMARTS) is 1. The average Bonchev–Trinajstić information content (AvgIpc) is 2.43. The third-order valence-electron chi connectivity index (χ3n) is 3.34. The van der Waals surface area contributed by atoms with E-state index in [1.54, 1.807) is 29.7 Å². The summed E-state index contributed by atoms with van der Waals surface area (Å²) >= 11 is 1.57. The fourth-order valence-corrected chi connectivity index (χ4v) is 3.26. The van der Waals surface area contributed by atoms with Crippen molar-refractivity contribution in [2.45, 2.75) is 13.0 Å². The second kappa shape index (κ2) is 6.91. The number of aryl methyl sites for hydroxylation is 1. The molecule has 1 unspecified atom stereocenters. The van der Waals surface area contributed by atoms with E-state index in [1.807, 2.05) is 0 Å². The topological polar surface area (TPSA) is 69.6 Å². The van der Waals surface area contributed by atoms with Crippen LogP contribution in [0, 0.1) is 12.7 Å². The van der Waals surface area contributed by atoms with Crippen LogP contribution in [0.25, 0.3) is 0 Å². The molecule has 1 amide bonds. The Labute approximate surface area is 126 Å². The molecule has 114 valence electrons. The molecule has 0 spiro atoms. The van der Waals surface area contributed by atoms with Crippen molar-refractivity contribution in [1.29, 1.82) is 0 Å². The average molecular weight is 312 g/mol. The Bertz CT molecular complexity index is 553. The van der Waals surface area contributed by atoms with Gasteiger partial charge in [-0.05, 0) is 24.6 Å². The van der Waals surface area contributed by atoms with Gasteiger partial charge in [0.05, 0.1) is 6.54 Å². The molecule has 5 nitrogen and oxygen atoms in total. The third kappa shape index (κ3) is 4.18. The molecule has 2 rings (SSSR count). The molecule has 7 heteroatoms. The molecule has 1 atom stereocenters. The molecular formula is C14H17FN2O3S. The van der Waals surface area contributed by atoms with Gasteiger partial charge in [-0.15, -0.1) is 0 Å². The van der Waals surface area contributed by atoms with E-state index in [2.05, 4.69) is 5.32 Å². The molecule has 1 heterocycles. The zero-order valence-electron chi connectivity index (χ0n) is 11.6. The van der Waals surface area contributed by atoms with Crippen molar-refractivity contribution in [1.82, 2.24) is 4.90 Å². The number of carbonyl (C=O) groups excluding carboxylic acids is 1. The van der Waals surface area contributed by atoms with Crippen LogP contribution in [-0.2, 0) is 9.59 Å². The van der Waals surface area contributed by atoms with Crippen LogP contribution >= 0.6 is 11.8 Å².